The highest BCUT2D eigenvalue weighted by Crippen LogP contribution is 2.18. The van der Waals surface area contributed by atoms with E-state index in [4.69, 9.17) is 0 Å². The fraction of sp³-hybridized carbons (Fsp3) is 0.111. The summed E-state index contributed by atoms with van der Waals surface area (Å²) in [6, 6.07) is 8.12. The van der Waals surface area contributed by atoms with Crippen molar-refractivity contribution in [2.75, 3.05) is 5.32 Å². The maximum absolute atomic E-state index is 14.2. The van der Waals surface area contributed by atoms with E-state index in [0.29, 0.717) is 11.8 Å². The molecular weight excluding hydrogens is 333 g/mol. The molecule has 128 valence electrons. The lowest BCUT2D eigenvalue weighted by molar-refractivity contribution is -0.116. The first-order valence-electron chi connectivity index (χ1n) is 7.40. The van der Waals surface area contributed by atoms with E-state index >= 15 is 0 Å². The predicted octanol–water partition coefficient (Wildman–Crippen LogP) is 3.37. The van der Waals surface area contributed by atoms with Crippen LogP contribution in [0.3, 0.4) is 0 Å². The molecule has 1 heterocycles. The third-order valence-corrected chi connectivity index (χ3v) is 3.79. The van der Waals surface area contributed by atoms with E-state index < -0.39 is 23.4 Å². The Morgan fingerprint density at radius 3 is 2.56 bits per heavy atom. The van der Waals surface area contributed by atoms with Gasteiger partial charge in [-0.2, -0.15) is 0 Å². The van der Waals surface area contributed by atoms with Crippen LogP contribution < -0.4 is 10.7 Å². The predicted molar refractivity (Wildman–Crippen MR) is 87.9 cm³/mol. The van der Waals surface area contributed by atoms with Gasteiger partial charge in [0.1, 0.15) is 24.0 Å². The minimum absolute atomic E-state index is 0.00206. The Kier molecular flexibility index (Phi) is 4.31. The van der Waals surface area contributed by atoms with Crippen molar-refractivity contribution in [1.29, 1.82) is 0 Å². The molecule has 0 saturated heterocycles. The zero-order chi connectivity index (χ0) is 18.1. The van der Waals surface area contributed by atoms with E-state index in [1.807, 2.05) is 0 Å². The van der Waals surface area contributed by atoms with Crippen LogP contribution in [0.25, 0.3) is 10.9 Å². The Labute approximate surface area is 140 Å². The first kappa shape index (κ1) is 16.8. The monoisotopic (exact) mass is 346 g/mol. The van der Waals surface area contributed by atoms with Crippen LogP contribution in [0.4, 0.5) is 18.9 Å². The molecule has 0 atom stereocenters. The second kappa shape index (κ2) is 6.43. The third kappa shape index (κ3) is 3.26. The lowest BCUT2D eigenvalue weighted by Crippen LogP contribution is -2.23. The van der Waals surface area contributed by atoms with Crippen LogP contribution in [0.5, 0.6) is 0 Å². The average molecular weight is 346 g/mol. The molecule has 0 saturated carbocycles. The summed E-state index contributed by atoms with van der Waals surface area (Å²) in [6.07, 6.45) is 0. The van der Waals surface area contributed by atoms with Gasteiger partial charge in [0.15, 0.2) is 5.43 Å². The van der Waals surface area contributed by atoms with Crippen molar-refractivity contribution in [3.8, 4) is 0 Å². The number of anilines is 1. The summed E-state index contributed by atoms with van der Waals surface area (Å²) < 4.78 is 42.1. The number of nitrogens with one attached hydrogen (secondary N) is 1. The molecule has 0 unspecified atom stereocenters. The summed E-state index contributed by atoms with van der Waals surface area (Å²) in [6.45, 7) is 1.24. The zero-order valence-corrected chi connectivity index (χ0v) is 13.1. The Bertz CT molecular complexity index is 1040. The van der Waals surface area contributed by atoms with Crippen LogP contribution in [0, 0.1) is 24.4 Å². The summed E-state index contributed by atoms with van der Waals surface area (Å²) in [4.78, 5) is 24.2. The van der Waals surface area contributed by atoms with E-state index in [1.54, 1.807) is 6.92 Å². The number of aromatic nitrogens is 1. The number of para-hydroxylation sites is 1. The maximum Gasteiger partial charge on any atom is 0.244 e. The summed E-state index contributed by atoms with van der Waals surface area (Å²) in [7, 11) is 0. The number of benzene rings is 2. The number of rotatable bonds is 3. The Hall–Kier alpha value is -3.09. The van der Waals surface area contributed by atoms with Crippen molar-refractivity contribution in [3.63, 3.8) is 0 Å². The molecule has 0 bridgehead atoms. The van der Waals surface area contributed by atoms with Gasteiger partial charge in [-0.1, -0.05) is 6.07 Å². The molecule has 0 aliphatic rings. The third-order valence-electron chi connectivity index (χ3n) is 3.79. The highest BCUT2D eigenvalue weighted by atomic mass is 19.1. The Morgan fingerprint density at radius 2 is 1.84 bits per heavy atom. The van der Waals surface area contributed by atoms with Gasteiger partial charge in [-0.3, -0.25) is 9.59 Å². The minimum Gasteiger partial charge on any atom is -0.333 e. The van der Waals surface area contributed by atoms with Gasteiger partial charge >= 0.3 is 0 Å². The van der Waals surface area contributed by atoms with Gasteiger partial charge in [0, 0.05) is 23.2 Å². The SMILES string of the molecule is Cc1cc(=O)c2cccc(F)c2n1CC(=O)Nc1ccc(F)cc1F. The number of hydrogen-bond donors (Lipinski definition) is 1. The molecule has 0 aliphatic heterocycles. The largest absolute Gasteiger partial charge is 0.333 e. The molecule has 1 aromatic heterocycles. The van der Waals surface area contributed by atoms with Crippen LogP contribution in [0.1, 0.15) is 5.69 Å². The summed E-state index contributed by atoms with van der Waals surface area (Å²) in [5, 5.41) is 2.45. The van der Waals surface area contributed by atoms with Crippen LogP contribution in [-0.2, 0) is 11.3 Å². The van der Waals surface area contributed by atoms with Crippen molar-refractivity contribution in [2.24, 2.45) is 0 Å². The van der Waals surface area contributed by atoms with Crippen LogP contribution in [0.15, 0.2) is 47.3 Å². The number of halogens is 3. The number of carbonyl (C=O) groups excluding carboxylic acids is 1. The van der Waals surface area contributed by atoms with E-state index in [2.05, 4.69) is 5.32 Å². The fourth-order valence-corrected chi connectivity index (χ4v) is 2.64. The van der Waals surface area contributed by atoms with Crippen LogP contribution in [0.2, 0.25) is 0 Å². The van der Waals surface area contributed by atoms with Gasteiger partial charge in [-0.15, -0.1) is 0 Å². The number of fused-ring (bicyclic) bond motifs is 1. The molecule has 2 aromatic carbocycles. The van der Waals surface area contributed by atoms with Crippen molar-refractivity contribution in [2.45, 2.75) is 13.5 Å². The second-order valence-corrected chi connectivity index (χ2v) is 5.54. The highest BCUT2D eigenvalue weighted by Gasteiger charge is 2.14. The van der Waals surface area contributed by atoms with Gasteiger partial charge in [0.05, 0.1) is 11.2 Å². The van der Waals surface area contributed by atoms with Crippen LogP contribution in [-0.4, -0.2) is 10.5 Å². The van der Waals surface area contributed by atoms with E-state index in [-0.39, 0.29) is 28.6 Å². The lowest BCUT2D eigenvalue weighted by Gasteiger charge is -2.15. The van der Waals surface area contributed by atoms with E-state index in [1.165, 1.54) is 28.8 Å². The smallest absolute Gasteiger partial charge is 0.244 e. The molecule has 25 heavy (non-hydrogen) atoms. The molecule has 0 spiro atoms. The Balaban J connectivity index is 1.98. The molecule has 4 nitrogen and oxygen atoms in total. The van der Waals surface area contributed by atoms with Gasteiger partial charge in [0.25, 0.3) is 0 Å². The van der Waals surface area contributed by atoms with Gasteiger partial charge in [0.2, 0.25) is 5.91 Å². The molecule has 3 rings (SSSR count). The summed E-state index contributed by atoms with van der Waals surface area (Å²) >= 11 is 0. The number of amides is 1. The molecule has 0 radical (unpaired) electrons. The van der Waals surface area contributed by atoms with Crippen molar-refractivity contribution in [1.82, 2.24) is 4.57 Å². The molecular formula is C18H13F3N2O2. The molecule has 1 N–H and O–H groups in total. The number of pyridine rings is 1. The quantitative estimate of drug-likeness (QED) is 0.791. The minimum atomic E-state index is -0.916. The molecule has 1 amide bonds. The Morgan fingerprint density at radius 1 is 1.08 bits per heavy atom. The number of aryl methyl sites for hydroxylation is 1. The maximum atomic E-state index is 14.2. The lowest BCUT2D eigenvalue weighted by atomic mass is 10.1. The fourth-order valence-electron chi connectivity index (χ4n) is 2.64. The summed E-state index contributed by atoms with van der Waals surface area (Å²) in [5.74, 6) is -2.96. The molecule has 0 fully saturated rings. The van der Waals surface area contributed by atoms with Gasteiger partial charge in [-0.25, -0.2) is 13.2 Å². The highest BCUT2D eigenvalue weighted by molar-refractivity contribution is 5.92. The number of hydrogen-bond acceptors (Lipinski definition) is 2. The van der Waals surface area contributed by atoms with E-state index in [9.17, 15) is 22.8 Å². The first-order valence-corrected chi connectivity index (χ1v) is 7.40. The molecule has 0 aliphatic carbocycles. The van der Waals surface area contributed by atoms with Gasteiger partial charge in [-0.05, 0) is 31.2 Å². The van der Waals surface area contributed by atoms with Crippen molar-refractivity contribution < 1.29 is 18.0 Å². The van der Waals surface area contributed by atoms with Crippen molar-refractivity contribution >= 4 is 22.5 Å². The van der Waals surface area contributed by atoms with E-state index in [0.717, 1.165) is 12.1 Å². The normalized spacial score (nSPS) is 10.9. The average Bonchev–Trinajstić information content (AvgIpc) is 2.54. The molecule has 7 heteroatoms. The van der Waals surface area contributed by atoms with Crippen molar-refractivity contribution in [3.05, 3.63) is 75.8 Å². The topological polar surface area (TPSA) is 51.1 Å². The summed E-state index contributed by atoms with van der Waals surface area (Å²) in [5.41, 5.74) is -0.150. The zero-order valence-electron chi connectivity index (χ0n) is 13.1. The standard InChI is InChI=1S/C18H13F3N2O2/c1-10-7-16(24)12-3-2-4-13(20)18(12)23(10)9-17(25)22-15-6-5-11(19)8-14(15)21/h2-8H,9H2,1H3,(H,22,25). The molecule has 3 aromatic rings. The first-order chi connectivity index (χ1) is 11.9. The number of carbonyl (C=O) groups is 1. The number of nitrogens with zero attached hydrogens (tertiary/aromatic N) is 1. The second-order valence-electron chi connectivity index (χ2n) is 5.54. The van der Waals surface area contributed by atoms with Crippen LogP contribution >= 0.6 is 0 Å². The van der Waals surface area contributed by atoms with Gasteiger partial charge < -0.3 is 9.88 Å².